The zero-order valence-corrected chi connectivity index (χ0v) is 14.8. The van der Waals surface area contributed by atoms with E-state index in [-0.39, 0.29) is 5.91 Å². The third-order valence-electron chi connectivity index (χ3n) is 3.64. The van der Waals surface area contributed by atoms with Gasteiger partial charge in [-0.2, -0.15) is 0 Å². The number of nitrogens with one attached hydrogen (secondary N) is 1. The van der Waals surface area contributed by atoms with Gasteiger partial charge in [0.15, 0.2) is 0 Å². The summed E-state index contributed by atoms with van der Waals surface area (Å²) < 4.78 is 1.03. The molecule has 1 aromatic rings. The summed E-state index contributed by atoms with van der Waals surface area (Å²) in [6.07, 6.45) is 12.2. The molecule has 1 N–H and O–H groups in total. The van der Waals surface area contributed by atoms with Crippen molar-refractivity contribution in [1.82, 2.24) is 0 Å². The topological polar surface area (TPSA) is 29.1 Å². The first-order valence-corrected chi connectivity index (χ1v) is 9.07. The van der Waals surface area contributed by atoms with Gasteiger partial charge in [-0.25, -0.2) is 0 Å². The van der Waals surface area contributed by atoms with Crippen LogP contribution in [-0.2, 0) is 4.79 Å². The number of benzene rings is 1. The summed E-state index contributed by atoms with van der Waals surface area (Å²) in [5.41, 5.74) is 0.874. The molecule has 0 saturated heterocycles. The smallest absolute Gasteiger partial charge is 0.224 e. The van der Waals surface area contributed by atoms with Crippen molar-refractivity contribution in [1.29, 1.82) is 0 Å². The lowest BCUT2D eigenvalue weighted by Gasteiger charge is -2.05. The molecule has 0 aromatic heterocycles. The van der Waals surface area contributed by atoms with Crippen molar-refractivity contribution in [3.63, 3.8) is 0 Å². The van der Waals surface area contributed by atoms with Crippen molar-refractivity contribution in [2.75, 3.05) is 5.32 Å². The molecule has 1 rings (SSSR count). The van der Waals surface area contributed by atoms with Gasteiger partial charge in [0.05, 0.1) is 0 Å². The molecular weight excluding hydrogens is 326 g/mol. The standard InChI is InChI=1S/C18H28BrNO/c1-2-3-4-5-6-7-8-9-10-11-18(21)20-17-14-12-16(19)13-15-17/h12-15H,2-11H2,1H3,(H,20,21). The van der Waals surface area contributed by atoms with Crippen molar-refractivity contribution in [2.45, 2.75) is 71.1 Å². The molecule has 0 saturated carbocycles. The summed E-state index contributed by atoms with van der Waals surface area (Å²) >= 11 is 3.38. The van der Waals surface area contributed by atoms with Crippen molar-refractivity contribution in [3.05, 3.63) is 28.7 Å². The molecule has 21 heavy (non-hydrogen) atoms. The highest BCUT2D eigenvalue weighted by Crippen LogP contribution is 2.15. The van der Waals surface area contributed by atoms with Gasteiger partial charge in [0, 0.05) is 16.6 Å². The minimum Gasteiger partial charge on any atom is -0.326 e. The molecule has 0 spiro atoms. The van der Waals surface area contributed by atoms with Crippen LogP contribution in [0.25, 0.3) is 0 Å². The summed E-state index contributed by atoms with van der Waals surface area (Å²) in [6, 6.07) is 7.71. The van der Waals surface area contributed by atoms with Crippen LogP contribution in [0.5, 0.6) is 0 Å². The molecule has 1 aromatic carbocycles. The Balaban J connectivity index is 1.97. The quantitative estimate of drug-likeness (QED) is 0.464. The fourth-order valence-electron chi connectivity index (χ4n) is 2.35. The number of rotatable bonds is 11. The van der Waals surface area contributed by atoms with E-state index in [4.69, 9.17) is 0 Å². The summed E-state index contributed by atoms with van der Waals surface area (Å²) in [4.78, 5) is 11.8. The Morgan fingerprint density at radius 3 is 2.00 bits per heavy atom. The molecule has 0 unspecified atom stereocenters. The number of anilines is 1. The minimum atomic E-state index is 0.125. The maximum absolute atomic E-state index is 11.8. The fourth-order valence-corrected chi connectivity index (χ4v) is 2.62. The van der Waals surface area contributed by atoms with Crippen LogP contribution in [0.15, 0.2) is 28.7 Å². The Kier molecular flexibility index (Phi) is 10.2. The molecule has 0 atom stereocenters. The second kappa shape index (κ2) is 11.8. The number of carbonyl (C=O) groups excluding carboxylic acids is 1. The van der Waals surface area contributed by atoms with Crippen molar-refractivity contribution >= 4 is 27.5 Å². The van der Waals surface area contributed by atoms with Crippen molar-refractivity contribution < 1.29 is 4.79 Å². The summed E-state index contributed by atoms with van der Waals surface area (Å²) in [7, 11) is 0. The molecule has 0 aliphatic carbocycles. The lowest BCUT2D eigenvalue weighted by Crippen LogP contribution is -2.10. The number of hydrogen-bond acceptors (Lipinski definition) is 1. The zero-order chi connectivity index (χ0) is 15.3. The maximum Gasteiger partial charge on any atom is 0.224 e. The second-order valence-corrected chi connectivity index (χ2v) is 6.55. The first-order chi connectivity index (χ1) is 10.2. The highest BCUT2D eigenvalue weighted by molar-refractivity contribution is 9.10. The van der Waals surface area contributed by atoms with Crippen molar-refractivity contribution in [2.24, 2.45) is 0 Å². The molecule has 0 aliphatic heterocycles. The van der Waals surface area contributed by atoms with Gasteiger partial charge >= 0.3 is 0 Å². The van der Waals surface area contributed by atoms with Crippen LogP contribution in [-0.4, -0.2) is 5.91 Å². The number of hydrogen-bond donors (Lipinski definition) is 1. The Bertz CT molecular complexity index is 389. The molecule has 0 radical (unpaired) electrons. The Morgan fingerprint density at radius 1 is 0.905 bits per heavy atom. The van der Waals surface area contributed by atoms with E-state index in [0.29, 0.717) is 6.42 Å². The summed E-state index contributed by atoms with van der Waals surface area (Å²) in [5, 5.41) is 2.93. The number of halogens is 1. The molecular formula is C18H28BrNO. The SMILES string of the molecule is CCCCCCCCCCCC(=O)Nc1ccc(Br)cc1. The third-order valence-corrected chi connectivity index (χ3v) is 4.16. The van der Waals surface area contributed by atoms with Crippen LogP contribution in [0, 0.1) is 0 Å². The normalized spacial score (nSPS) is 10.6. The highest BCUT2D eigenvalue weighted by Gasteiger charge is 2.02. The second-order valence-electron chi connectivity index (χ2n) is 5.63. The fraction of sp³-hybridized carbons (Fsp3) is 0.611. The Labute approximate surface area is 137 Å². The molecule has 1 amide bonds. The average Bonchev–Trinajstić information content (AvgIpc) is 2.48. The van der Waals surface area contributed by atoms with Crippen LogP contribution in [0.2, 0.25) is 0 Å². The van der Waals surface area contributed by atoms with Crippen LogP contribution in [0.4, 0.5) is 5.69 Å². The average molecular weight is 354 g/mol. The Hall–Kier alpha value is -0.830. The predicted octanol–water partition coefficient (Wildman–Crippen LogP) is 6.31. The largest absolute Gasteiger partial charge is 0.326 e. The molecule has 0 aliphatic rings. The van der Waals surface area contributed by atoms with E-state index in [2.05, 4.69) is 28.2 Å². The lowest BCUT2D eigenvalue weighted by atomic mass is 10.1. The molecule has 0 bridgehead atoms. The minimum absolute atomic E-state index is 0.125. The van der Waals surface area contributed by atoms with Gasteiger partial charge in [0.1, 0.15) is 0 Å². The van der Waals surface area contributed by atoms with Crippen LogP contribution in [0.3, 0.4) is 0 Å². The van der Waals surface area contributed by atoms with E-state index < -0.39 is 0 Å². The maximum atomic E-state index is 11.8. The van der Waals surface area contributed by atoms with E-state index in [0.717, 1.165) is 16.6 Å². The van der Waals surface area contributed by atoms with Gasteiger partial charge in [0.2, 0.25) is 5.91 Å². The monoisotopic (exact) mass is 353 g/mol. The molecule has 2 nitrogen and oxygen atoms in total. The van der Waals surface area contributed by atoms with E-state index in [1.165, 1.54) is 51.4 Å². The Morgan fingerprint density at radius 2 is 1.43 bits per heavy atom. The number of unbranched alkanes of at least 4 members (excludes halogenated alkanes) is 8. The van der Waals surface area contributed by atoms with Gasteiger partial charge in [-0.05, 0) is 30.7 Å². The summed E-state index contributed by atoms with van der Waals surface area (Å²) in [5.74, 6) is 0.125. The van der Waals surface area contributed by atoms with Crippen LogP contribution in [0.1, 0.15) is 71.1 Å². The van der Waals surface area contributed by atoms with E-state index in [1.807, 2.05) is 24.3 Å². The molecule has 3 heteroatoms. The van der Waals surface area contributed by atoms with E-state index in [9.17, 15) is 4.79 Å². The number of amides is 1. The van der Waals surface area contributed by atoms with Crippen molar-refractivity contribution in [3.8, 4) is 0 Å². The van der Waals surface area contributed by atoms with E-state index >= 15 is 0 Å². The van der Waals surface area contributed by atoms with Gasteiger partial charge in [-0.1, -0.05) is 74.2 Å². The molecule has 0 fully saturated rings. The van der Waals surface area contributed by atoms with Gasteiger partial charge in [-0.3, -0.25) is 4.79 Å². The third kappa shape index (κ3) is 9.67. The molecule has 118 valence electrons. The predicted molar refractivity (Wildman–Crippen MR) is 94.6 cm³/mol. The molecule has 0 heterocycles. The first kappa shape index (κ1) is 18.2. The summed E-state index contributed by atoms with van der Waals surface area (Å²) in [6.45, 7) is 2.25. The van der Waals surface area contributed by atoms with Crippen LogP contribution < -0.4 is 5.32 Å². The van der Waals surface area contributed by atoms with E-state index in [1.54, 1.807) is 0 Å². The van der Waals surface area contributed by atoms with Crippen LogP contribution >= 0.6 is 15.9 Å². The van der Waals surface area contributed by atoms with Gasteiger partial charge in [0.25, 0.3) is 0 Å². The first-order valence-electron chi connectivity index (χ1n) is 8.28. The zero-order valence-electron chi connectivity index (χ0n) is 13.2. The highest BCUT2D eigenvalue weighted by atomic mass is 79.9. The van der Waals surface area contributed by atoms with Gasteiger partial charge < -0.3 is 5.32 Å². The van der Waals surface area contributed by atoms with Gasteiger partial charge in [-0.15, -0.1) is 0 Å². The lowest BCUT2D eigenvalue weighted by molar-refractivity contribution is -0.116. The number of carbonyl (C=O) groups is 1.